The predicted molar refractivity (Wildman–Crippen MR) is 101 cm³/mol. The molecule has 1 fully saturated rings. The monoisotopic (exact) mass is 366 g/mol. The van der Waals surface area contributed by atoms with E-state index < -0.39 is 0 Å². The number of hydrogen-bond acceptors (Lipinski definition) is 4. The molecule has 0 radical (unpaired) electrons. The van der Waals surface area contributed by atoms with Gasteiger partial charge in [-0.15, -0.1) is 0 Å². The lowest BCUT2D eigenvalue weighted by molar-refractivity contribution is 0.204. The van der Waals surface area contributed by atoms with Crippen LogP contribution in [0.4, 0.5) is 0 Å². The number of imidazole rings is 1. The Labute approximate surface area is 155 Å². The van der Waals surface area contributed by atoms with Crippen LogP contribution in [0.15, 0.2) is 43.2 Å². The van der Waals surface area contributed by atoms with Gasteiger partial charge in [-0.2, -0.15) is 0 Å². The summed E-state index contributed by atoms with van der Waals surface area (Å²) in [6, 6.07) is 6.08. The second-order valence-corrected chi connectivity index (χ2v) is 7.29. The third kappa shape index (κ3) is 2.75. The first-order valence-electron chi connectivity index (χ1n) is 8.89. The lowest BCUT2D eigenvalue weighted by Gasteiger charge is -2.31. The van der Waals surface area contributed by atoms with E-state index >= 15 is 0 Å². The molecule has 0 aromatic carbocycles. The highest BCUT2D eigenvalue weighted by Crippen LogP contribution is 2.32. The minimum atomic E-state index is 0.484. The van der Waals surface area contributed by atoms with Crippen LogP contribution in [0.3, 0.4) is 0 Å². The zero-order valence-electron chi connectivity index (χ0n) is 14.3. The van der Waals surface area contributed by atoms with Crippen molar-refractivity contribution < 1.29 is 0 Å². The number of halogens is 1. The maximum atomic E-state index is 6.00. The van der Waals surface area contributed by atoms with Crippen LogP contribution in [-0.4, -0.2) is 42.3 Å². The van der Waals surface area contributed by atoms with Gasteiger partial charge in [0.1, 0.15) is 23.5 Å². The lowest BCUT2D eigenvalue weighted by Crippen LogP contribution is -2.32. The molecule has 4 aromatic rings. The van der Waals surface area contributed by atoms with Gasteiger partial charge in [-0.05, 0) is 49.7 Å². The van der Waals surface area contributed by atoms with Gasteiger partial charge in [-0.25, -0.2) is 15.0 Å². The molecule has 1 aliphatic heterocycles. The summed E-state index contributed by atoms with van der Waals surface area (Å²) in [6.45, 7) is 3.04. The lowest BCUT2D eigenvalue weighted by atomic mass is 9.92. The normalized spacial score (nSPS) is 16.7. The minimum absolute atomic E-state index is 0.484. The Morgan fingerprint density at radius 2 is 1.96 bits per heavy atom. The number of nitrogens with one attached hydrogen (secondary N) is 1. The van der Waals surface area contributed by atoms with Crippen LogP contribution < -0.4 is 0 Å². The second kappa shape index (κ2) is 6.37. The molecular weight excluding hydrogens is 348 g/mol. The third-order valence-electron chi connectivity index (χ3n) is 5.29. The van der Waals surface area contributed by atoms with E-state index in [2.05, 4.69) is 25.9 Å². The van der Waals surface area contributed by atoms with Gasteiger partial charge in [-0.1, -0.05) is 11.6 Å². The molecule has 0 atom stereocenters. The van der Waals surface area contributed by atoms with Gasteiger partial charge >= 0.3 is 0 Å². The summed E-state index contributed by atoms with van der Waals surface area (Å²) in [7, 11) is 0. The van der Waals surface area contributed by atoms with Crippen molar-refractivity contribution in [1.29, 1.82) is 0 Å². The summed E-state index contributed by atoms with van der Waals surface area (Å²) in [5.74, 6) is 0.484. The Balaban J connectivity index is 1.35. The molecular formula is C19H19ClN6. The number of aromatic amines is 1. The first-order valence-corrected chi connectivity index (χ1v) is 9.27. The number of piperidine rings is 1. The van der Waals surface area contributed by atoms with E-state index in [-0.39, 0.29) is 0 Å². The number of nitrogens with zero attached hydrogens (tertiary/aromatic N) is 5. The number of aromatic nitrogens is 5. The highest BCUT2D eigenvalue weighted by molar-refractivity contribution is 6.29. The minimum Gasteiger partial charge on any atom is -0.346 e. The fourth-order valence-electron chi connectivity index (χ4n) is 3.98. The summed E-state index contributed by atoms with van der Waals surface area (Å²) in [5.41, 5.74) is 4.53. The van der Waals surface area contributed by atoms with E-state index in [0.717, 1.165) is 43.5 Å². The quantitative estimate of drug-likeness (QED) is 0.562. The predicted octanol–water partition coefficient (Wildman–Crippen LogP) is 3.64. The number of hydrogen-bond donors (Lipinski definition) is 1. The molecule has 0 spiro atoms. The van der Waals surface area contributed by atoms with Crippen LogP contribution in [-0.2, 0) is 6.54 Å². The molecule has 1 N–H and O–H groups in total. The van der Waals surface area contributed by atoms with Crippen molar-refractivity contribution in [3.05, 3.63) is 59.7 Å². The smallest absolute Gasteiger partial charge is 0.141 e. The van der Waals surface area contributed by atoms with Crippen molar-refractivity contribution in [2.75, 3.05) is 13.1 Å². The molecule has 0 saturated carbocycles. The molecule has 1 saturated heterocycles. The Morgan fingerprint density at radius 3 is 2.81 bits per heavy atom. The topological polar surface area (TPSA) is 62.1 Å². The average molecular weight is 367 g/mol. The van der Waals surface area contributed by atoms with Crippen molar-refractivity contribution in [2.45, 2.75) is 25.3 Å². The van der Waals surface area contributed by atoms with E-state index in [4.69, 9.17) is 16.6 Å². The zero-order valence-corrected chi connectivity index (χ0v) is 15.0. The van der Waals surface area contributed by atoms with E-state index in [1.54, 1.807) is 6.20 Å². The first-order chi connectivity index (χ1) is 12.8. The van der Waals surface area contributed by atoms with E-state index in [9.17, 15) is 0 Å². The van der Waals surface area contributed by atoms with Gasteiger partial charge in [0.15, 0.2) is 0 Å². The Bertz CT molecular complexity index is 1060. The average Bonchev–Trinajstić information content (AvgIpc) is 3.28. The largest absolute Gasteiger partial charge is 0.346 e. The number of fused-ring (bicyclic) bond motifs is 3. The highest BCUT2D eigenvalue weighted by Gasteiger charge is 2.25. The van der Waals surface area contributed by atoms with Gasteiger partial charge in [0.2, 0.25) is 0 Å². The van der Waals surface area contributed by atoms with Crippen LogP contribution in [0.5, 0.6) is 0 Å². The number of likely N-dealkylation sites (tertiary alicyclic amines) is 1. The Morgan fingerprint density at radius 1 is 1.12 bits per heavy atom. The fourth-order valence-corrected chi connectivity index (χ4v) is 4.18. The molecule has 0 bridgehead atoms. The summed E-state index contributed by atoms with van der Waals surface area (Å²) in [4.78, 5) is 18.9. The zero-order chi connectivity index (χ0) is 17.5. The van der Waals surface area contributed by atoms with Gasteiger partial charge in [0.05, 0.1) is 11.2 Å². The molecule has 26 heavy (non-hydrogen) atoms. The Hall–Kier alpha value is -2.44. The molecule has 132 valence electrons. The molecule has 7 heteroatoms. The summed E-state index contributed by atoms with van der Waals surface area (Å²) >= 11 is 6.00. The van der Waals surface area contributed by atoms with Gasteiger partial charge in [-0.3, -0.25) is 9.30 Å². The Kier molecular flexibility index (Phi) is 3.87. The van der Waals surface area contributed by atoms with Crippen LogP contribution in [0.2, 0.25) is 5.15 Å². The van der Waals surface area contributed by atoms with Crippen molar-refractivity contribution in [3.8, 4) is 0 Å². The maximum Gasteiger partial charge on any atom is 0.141 e. The standard InChI is InChI=1S/C19H19ClN6/c20-16-9-13(1-5-21-16)10-25-7-3-14(4-8-25)17-18-15-2-6-22-19(15)24-12-26(18)11-23-17/h1-2,5-6,9,11-12,14,22H,3-4,7-8,10H2. The molecule has 5 heterocycles. The second-order valence-electron chi connectivity index (χ2n) is 6.91. The first kappa shape index (κ1) is 15.8. The fraction of sp³-hybridized carbons (Fsp3) is 0.316. The molecule has 0 unspecified atom stereocenters. The molecule has 6 nitrogen and oxygen atoms in total. The molecule has 4 aromatic heterocycles. The summed E-state index contributed by atoms with van der Waals surface area (Å²) < 4.78 is 2.04. The van der Waals surface area contributed by atoms with Crippen molar-refractivity contribution in [1.82, 2.24) is 29.2 Å². The molecule has 5 rings (SSSR count). The number of H-pyrrole nitrogens is 1. The SMILES string of the molecule is Clc1cc(CN2CCC(c3ncn4cnc5[nH]ccc5c34)CC2)ccn1. The summed E-state index contributed by atoms with van der Waals surface area (Å²) in [5, 5.41) is 1.71. The maximum absolute atomic E-state index is 6.00. The van der Waals surface area contributed by atoms with E-state index in [0.29, 0.717) is 11.1 Å². The van der Waals surface area contributed by atoms with E-state index in [1.165, 1.54) is 16.8 Å². The van der Waals surface area contributed by atoms with E-state index in [1.807, 2.05) is 35.4 Å². The molecule has 0 aliphatic carbocycles. The van der Waals surface area contributed by atoms with Gasteiger partial charge in [0.25, 0.3) is 0 Å². The van der Waals surface area contributed by atoms with Crippen molar-refractivity contribution in [3.63, 3.8) is 0 Å². The molecule has 0 amide bonds. The van der Waals surface area contributed by atoms with Crippen LogP contribution >= 0.6 is 11.6 Å². The summed E-state index contributed by atoms with van der Waals surface area (Å²) in [6.07, 6.45) is 9.66. The van der Waals surface area contributed by atoms with Gasteiger partial charge in [0, 0.05) is 30.2 Å². The number of pyridine rings is 1. The van der Waals surface area contributed by atoms with Crippen LogP contribution in [0.1, 0.15) is 30.0 Å². The number of rotatable bonds is 3. The molecule has 1 aliphatic rings. The van der Waals surface area contributed by atoms with Crippen LogP contribution in [0, 0.1) is 0 Å². The van der Waals surface area contributed by atoms with Crippen LogP contribution in [0.25, 0.3) is 16.6 Å². The van der Waals surface area contributed by atoms with Crippen molar-refractivity contribution in [2.24, 2.45) is 0 Å². The van der Waals surface area contributed by atoms with Gasteiger partial charge < -0.3 is 4.98 Å². The van der Waals surface area contributed by atoms with Crippen molar-refractivity contribution >= 4 is 28.2 Å². The third-order valence-corrected chi connectivity index (χ3v) is 5.49. The highest BCUT2D eigenvalue weighted by atomic mass is 35.5.